The Balaban J connectivity index is 0.00000182. The normalized spacial score (nSPS) is 28.8. The number of hydrogen-bond acceptors (Lipinski definition) is 3. The van der Waals surface area contributed by atoms with E-state index in [-0.39, 0.29) is 30.1 Å². The van der Waals surface area contributed by atoms with E-state index in [0.717, 1.165) is 5.56 Å². The monoisotopic (exact) mass is 329 g/mol. The molecule has 2 aromatic rings. The second-order valence-corrected chi connectivity index (χ2v) is 6.80. The van der Waals surface area contributed by atoms with Crippen LogP contribution in [0.4, 0.5) is 4.39 Å². The number of halogens is 1. The van der Waals surface area contributed by atoms with Crippen molar-refractivity contribution in [2.45, 2.75) is 24.9 Å². The van der Waals surface area contributed by atoms with Gasteiger partial charge in [-0.1, -0.05) is 30.3 Å². The van der Waals surface area contributed by atoms with Gasteiger partial charge >= 0.3 is 0 Å². The number of hydrogen-bond donors (Lipinski definition) is 1. The number of H-pyrrole nitrogens is 1. The van der Waals surface area contributed by atoms with E-state index in [1.807, 2.05) is 30.3 Å². The van der Waals surface area contributed by atoms with Crippen molar-refractivity contribution in [3.8, 4) is 0 Å². The number of nitrogens with one attached hydrogen (secondary N) is 1. The van der Waals surface area contributed by atoms with Gasteiger partial charge in [0.05, 0.1) is 0 Å². The summed E-state index contributed by atoms with van der Waals surface area (Å²) in [7, 11) is 0. The molecule has 0 radical (unpaired) electrons. The molecule has 1 aliphatic heterocycles. The molecule has 2 fully saturated rings. The Labute approximate surface area is 140 Å². The van der Waals surface area contributed by atoms with E-state index < -0.39 is 6.17 Å². The van der Waals surface area contributed by atoms with E-state index in [1.54, 1.807) is 4.90 Å². The smallest absolute Gasteiger partial charge is 0.289 e. The van der Waals surface area contributed by atoms with Crippen LogP contribution in [0.2, 0.25) is 0 Å². The summed E-state index contributed by atoms with van der Waals surface area (Å²) in [6.07, 6.45) is 1.50. The summed E-state index contributed by atoms with van der Waals surface area (Å²) < 4.78 is 13.6. The van der Waals surface area contributed by atoms with Crippen LogP contribution in [0.25, 0.3) is 0 Å². The number of amides is 1. The van der Waals surface area contributed by atoms with Crippen molar-refractivity contribution in [3.63, 3.8) is 0 Å². The highest BCUT2D eigenvalue weighted by Crippen LogP contribution is 2.56. The molecule has 0 bridgehead atoms. The number of rotatable bonds is 2. The highest BCUT2D eigenvalue weighted by atomic mass is 19.1. The van der Waals surface area contributed by atoms with Crippen LogP contribution in [0.3, 0.4) is 0 Å². The van der Waals surface area contributed by atoms with Crippen molar-refractivity contribution >= 4 is 5.91 Å². The summed E-state index contributed by atoms with van der Waals surface area (Å²) in [4.78, 5) is 32.2. The molecule has 5 nitrogen and oxygen atoms in total. The summed E-state index contributed by atoms with van der Waals surface area (Å²) in [5.74, 6) is -0.139. The number of carbonyl (C=O) groups is 1. The van der Waals surface area contributed by atoms with Crippen molar-refractivity contribution in [3.05, 3.63) is 64.3 Å². The van der Waals surface area contributed by atoms with E-state index in [1.165, 1.54) is 12.3 Å². The van der Waals surface area contributed by atoms with Crippen LogP contribution in [0.15, 0.2) is 47.4 Å². The second kappa shape index (κ2) is 5.54. The largest absolute Gasteiger partial charge is 0.335 e. The minimum absolute atomic E-state index is 0. The zero-order valence-corrected chi connectivity index (χ0v) is 13.1. The fourth-order valence-electron chi connectivity index (χ4n) is 4.13. The fourth-order valence-corrected chi connectivity index (χ4v) is 4.13. The molecule has 1 saturated heterocycles. The second-order valence-electron chi connectivity index (χ2n) is 6.80. The standard InChI is InChI=1S/C18H18FN3O2.H2/c19-13-8-18(9-13)11-22(10-14(18)12-4-2-1-3-5-12)17(24)16-20-7-6-15(23)21-16;/h1-7,13-14H,8-11H2,(H,20,21,23);1H/t13?,14-,18?;/m0./s1. The van der Waals surface area contributed by atoms with Crippen molar-refractivity contribution < 1.29 is 10.6 Å². The number of alkyl halides is 1. The summed E-state index contributed by atoms with van der Waals surface area (Å²) in [6.45, 7) is 1.03. The first-order chi connectivity index (χ1) is 11.6. The molecule has 1 aromatic heterocycles. The van der Waals surface area contributed by atoms with E-state index >= 15 is 0 Å². The Morgan fingerprint density at radius 3 is 2.71 bits per heavy atom. The van der Waals surface area contributed by atoms with Crippen LogP contribution < -0.4 is 5.56 Å². The first-order valence-electron chi connectivity index (χ1n) is 8.11. The predicted octanol–water partition coefficient (Wildman–Crippen LogP) is 2.37. The van der Waals surface area contributed by atoms with Gasteiger partial charge < -0.3 is 9.88 Å². The molecule has 1 N–H and O–H groups in total. The number of aromatic amines is 1. The molecule has 6 heteroatoms. The molecule has 1 aromatic carbocycles. The van der Waals surface area contributed by atoms with Gasteiger partial charge in [-0.2, -0.15) is 0 Å². The molecular weight excluding hydrogens is 309 g/mol. The third-order valence-electron chi connectivity index (χ3n) is 5.27. The van der Waals surface area contributed by atoms with Gasteiger partial charge in [-0.05, 0) is 18.4 Å². The molecule has 126 valence electrons. The summed E-state index contributed by atoms with van der Waals surface area (Å²) in [6, 6.07) is 11.2. The summed E-state index contributed by atoms with van der Waals surface area (Å²) >= 11 is 0. The van der Waals surface area contributed by atoms with E-state index in [4.69, 9.17) is 0 Å². The molecule has 1 amide bonds. The zero-order valence-electron chi connectivity index (χ0n) is 13.1. The van der Waals surface area contributed by atoms with Crippen LogP contribution in [-0.4, -0.2) is 40.0 Å². The van der Waals surface area contributed by atoms with E-state index in [9.17, 15) is 14.0 Å². The highest BCUT2D eigenvalue weighted by Gasteiger charge is 2.56. The topological polar surface area (TPSA) is 66.1 Å². The van der Waals surface area contributed by atoms with Crippen LogP contribution in [0.1, 0.15) is 36.4 Å². The van der Waals surface area contributed by atoms with Gasteiger partial charge in [-0.25, -0.2) is 9.37 Å². The maximum atomic E-state index is 13.6. The number of nitrogens with zero attached hydrogens (tertiary/aromatic N) is 2. The molecule has 0 unspecified atom stereocenters. The summed E-state index contributed by atoms with van der Waals surface area (Å²) in [5, 5.41) is 0. The Kier molecular flexibility index (Phi) is 3.48. The first kappa shape index (κ1) is 15.1. The lowest BCUT2D eigenvalue weighted by Gasteiger charge is -2.45. The third-order valence-corrected chi connectivity index (χ3v) is 5.27. The quantitative estimate of drug-likeness (QED) is 0.920. The lowest BCUT2D eigenvalue weighted by atomic mass is 9.60. The van der Waals surface area contributed by atoms with Gasteiger partial charge in [0.15, 0.2) is 5.82 Å². The van der Waals surface area contributed by atoms with Gasteiger partial charge in [0.1, 0.15) is 6.17 Å². The lowest BCUT2D eigenvalue weighted by molar-refractivity contribution is 0.0204. The molecule has 2 aliphatic rings. The van der Waals surface area contributed by atoms with Crippen molar-refractivity contribution in [2.75, 3.05) is 13.1 Å². The Morgan fingerprint density at radius 2 is 2.04 bits per heavy atom. The summed E-state index contributed by atoms with van der Waals surface area (Å²) in [5.41, 5.74) is 0.578. The van der Waals surface area contributed by atoms with Gasteiger partial charge in [0.2, 0.25) is 0 Å². The molecule has 1 spiro atoms. The first-order valence-corrected chi connectivity index (χ1v) is 8.11. The molecule has 1 aliphatic carbocycles. The van der Waals surface area contributed by atoms with Crippen LogP contribution in [0, 0.1) is 5.41 Å². The van der Waals surface area contributed by atoms with E-state index in [0.29, 0.717) is 25.9 Å². The number of carbonyl (C=O) groups excluding carboxylic acids is 1. The average molecular weight is 329 g/mol. The number of benzene rings is 1. The van der Waals surface area contributed by atoms with Crippen molar-refractivity contribution in [1.82, 2.24) is 14.9 Å². The fraction of sp³-hybridized carbons (Fsp3) is 0.389. The van der Waals surface area contributed by atoms with Gasteiger partial charge in [0, 0.05) is 38.1 Å². The van der Waals surface area contributed by atoms with Crippen LogP contribution in [-0.2, 0) is 0 Å². The minimum atomic E-state index is -0.791. The van der Waals surface area contributed by atoms with Crippen molar-refractivity contribution in [1.29, 1.82) is 0 Å². The third kappa shape index (κ3) is 2.42. The lowest BCUT2D eigenvalue weighted by Crippen LogP contribution is -2.44. The highest BCUT2D eigenvalue weighted by molar-refractivity contribution is 5.90. The average Bonchev–Trinajstić information content (AvgIpc) is 2.95. The van der Waals surface area contributed by atoms with E-state index in [2.05, 4.69) is 9.97 Å². The number of likely N-dealkylation sites (tertiary alicyclic amines) is 1. The molecule has 1 saturated carbocycles. The van der Waals surface area contributed by atoms with Crippen molar-refractivity contribution in [2.24, 2.45) is 5.41 Å². The Hall–Kier alpha value is -2.50. The molecule has 24 heavy (non-hydrogen) atoms. The molecule has 1 atom stereocenters. The zero-order chi connectivity index (χ0) is 16.7. The number of aromatic nitrogens is 2. The van der Waals surface area contributed by atoms with Gasteiger partial charge in [-0.3, -0.25) is 9.59 Å². The van der Waals surface area contributed by atoms with Crippen LogP contribution >= 0.6 is 0 Å². The molecule has 2 heterocycles. The predicted molar refractivity (Wildman–Crippen MR) is 88.6 cm³/mol. The van der Waals surface area contributed by atoms with Gasteiger partial charge in [0.25, 0.3) is 11.5 Å². The Morgan fingerprint density at radius 1 is 1.29 bits per heavy atom. The maximum absolute atomic E-state index is 13.6. The SMILES string of the molecule is O=C(c1nccc(=O)[nH]1)N1C[C@@H](c2ccccc2)C2(CC(F)C2)C1.[HH]. The van der Waals surface area contributed by atoms with Crippen LogP contribution in [0.5, 0.6) is 0 Å². The van der Waals surface area contributed by atoms with Gasteiger partial charge in [-0.15, -0.1) is 0 Å². The molecule has 4 rings (SSSR count). The minimum Gasteiger partial charge on any atom is -0.335 e. The Bertz CT molecular complexity index is 820. The maximum Gasteiger partial charge on any atom is 0.289 e. The molecular formula is C18H20FN3O2.